The van der Waals surface area contributed by atoms with Gasteiger partial charge in [-0.1, -0.05) is 11.6 Å². The summed E-state index contributed by atoms with van der Waals surface area (Å²) in [6, 6.07) is 9.20. The number of carbonyl (C=O) groups is 2. The largest absolute Gasteiger partial charge is 0.374 e. The Labute approximate surface area is 156 Å². The maximum Gasteiger partial charge on any atom is 0.246 e. The van der Waals surface area contributed by atoms with E-state index in [1.54, 1.807) is 18.7 Å². The quantitative estimate of drug-likeness (QED) is 0.853. The molecule has 1 aliphatic heterocycles. The van der Waals surface area contributed by atoms with Gasteiger partial charge in [0.25, 0.3) is 0 Å². The van der Waals surface area contributed by atoms with Gasteiger partial charge in [0.2, 0.25) is 11.8 Å². The van der Waals surface area contributed by atoms with Crippen molar-refractivity contribution in [3.05, 3.63) is 52.8 Å². The molecule has 7 heteroatoms. The lowest BCUT2D eigenvalue weighted by Gasteiger charge is -2.18. The predicted octanol–water partition coefficient (Wildman–Crippen LogP) is 3.83. The molecule has 0 unspecified atom stereocenters. The van der Waals surface area contributed by atoms with Gasteiger partial charge in [-0.2, -0.15) is 0 Å². The highest BCUT2D eigenvalue weighted by Gasteiger charge is 2.22. The SMILES string of the molecule is CC(=O)N1CCc2cc(N[C@H](C)C(=O)Nc3ccc(F)c(Cl)c3)ccc21. The molecule has 2 aromatic carbocycles. The number of hydrogen-bond acceptors (Lipinski definition) is 3. The molecule has 2 N–H and O–H groups in total. The Bertz CT molecular complexity index is 872. The zero-order chi connectivity index (χ0) is 18.8. The Balaban J connectivity index is 1.66. The number of nitrogens with one attached hydrogen (secondary N) is 2. The first kappa shape index (κ1) is 18.2. The minimum absolute atomic E-state index is 0.0233. The minimum Gasteiger partial charge on any atom is -0.374 e. The summed E-state index contributed by atoms with van der Waals surface area (Å²) < 4.78 is 13.2. The minimum atomic E-state index is -0.534. The summed E-state index contributed by atoms with van der Waals surface area (Å²) in [5.74, 6) is -0.776. The summed E-state index contributed by atoms with van der Waals surface area (Å²) in [5, 5.41) is 5.79. The predicted molar refractivity (Wildman–Crippen MR) is 101 cm³/mol. The Morgan fingerprint density at radius 3 is 2.62 bits per heavy atom. The van der Waals surface area contributed by atoms with E-state index in [9.17, 15) is 14.0 Å². The maximum absolute atomic E-state index is 13.2. The summed E-state index contributed by atoms with van der Waals surface area (Å²) in [7, 11) is 0. The lowest BCUT2D eigenvalue weighted by atomic mass is 10.1. The maximum atomic E-state index is 13.2. The number of benzene rings is 2. The molecule has 2 amide bonds. The van der Waals surface area contributed by atoms with Crippen molar-refractivity contribution >= 4 is 40.5 Å². The molecule has 0 saturated carbocycles. The highest BCUT2D eigenvalue weighted by atomic mass is 35.5. The summed E-state index contributed by atoms with van der Waals surface area (Å²) >= 11 is 5.72. The first-order valence-corrected chi connectivity index (χ1v) is 8.66. The van der Waals surface area contributed by atoms with Crippen LogP contribution in [0.15, 0.2) is 36.4 Å². The number of amides is 2. The fourth-order valence-electron chi connectivity index (χ4n) is 2.96. The lowest BCUT2D eigenvalue weighted by Crippen LogP contribution is -2.31. The highest BCUT2D eigenvalue weighted by molar-refractivity contribution is 6.31. The summed E-state index contributed by atoms with van der Waals surface area (Å²) in [4.78, 5) is 25.7. The number of anilines is 3. The molecule has 1 aliphatic rings. The van der Waals surface area contributed by atoms with Crippen LogP contribution >= 0.6 is 11.6 Å². The van der Waals surface area contributed by atoms with E-state index in [1.807, 2.05) is 18.2 Å². The van der Waals surface area contributed by atoms with Crippen LogP contribution in [0.5, 0.6) is 0 Å². The van der Waals surface area contributed by atoms with Gasteiger partial charge in [0.05, 0.1) is 5.02 Å². The van der Waals surface area contributed by atoms with Crippen molar-refractivity contribution in [2.24, 2.45) is 0 Å². The molecule has 26 heavy (non-hydrogen) atoms. The fourth-order valence-corrected chi connectivity index (χ4v) is 3.14. The van der Waals surface area contributed by atoms with Crippen LogP contribution in [-0.2, 0) is 16.0 Å². The lowest BCUT2D eigenvalue weighted by molar-refractivity contribution is -0.117. The van der Waals surface area contributed by atoms with Crippen molar-refractivity contribution in [2.45, 2.75) is 26.3 Å². The second-order valence-corrected chi connectivity index (χ2v) is 6.66. The van der Waals surface area contributed by atoms with Gasteiger partial charge in [0, 0.05) is 30.5 Å². The molecule has 0 radical (unpaired) electrons. The van der Waals surface area contributed by atoms with E-state index in [2.05, 4.69) is 10.6 Å². The Hall–Kier alpha value is -2.60. The van der Waals surface area contributed by atoms with Gasteiger partial charge in [0.1, 0.15) is 11.9 Å². The number of fused-ring (bicyclic) bond motifs is 1. The summed E-state index contributed by atoms with van der Waals surface area (Å²) in [6.45, 7) is 3.96. The van der Waals surface area contributed by atoms with E-state index >= 15 is 0 Å². The second kappa shape index (κ2) is 7.33. The molecular formula is C19H19ClFN3O2. The van der Waals surface area contributed by atoms with Gasteiger partial charge in [0.15, 0.2) is 0 Å². The fraction of sp³-hybridized carbons (Fsp3) is 0.263. The van der Waals surface area contributed by atoms with Gasteiger partial charge >= 0.3 is 0 Å². The Kier molecular flexibility index (Phi) is 5.13. The second-order valence-electron chi connectivity index (χ2n) is 6.25. The van der Waals surface area contributed by atoms with Crippen molar-refractivity contribution in [1.82, 2.24) is 0 Å². The van der Waals surface area contributed by atoms with Crippen LogP contribution in [0.4, 0.5) is 21.5 Å². The van der Waals surface area contributed by atoms with Crippen LogP contribution in [-0.4, -0.2) is 24.4 Å². The molecule has 0 bridgehead atoms. The zero-order valence-corrected chi connectivity index (χ0v) is 15.2. The number of hydrogen-bond donors (Lipinski definition) is 2. The van der Waals surface area contributed by atoms with E-state index in [-0.39, 0.29) is 16.8 Å². The highest BCUT2D eigenvalue weighted by Crippen LogP contribution is 2.30. The third-order valence-electron chi connectivity index (χ3n) is 4.32. The molecule has 0 fully saturated rings. The third kappa shape index (κ3) is 3.80. The smallest absolute Gasteiger partial charge is 0.246 e. The van der Waals surface area contributed by atoms with Crippen LogP contribution in [0, 0.1) is 5.82 Å². The van der Waals surface area contributed by atoms with Gasteiger partial charge in [-0.3, -0.25) is 9.59 Å². The molecule has 0 aliphatic carbocycles. The third-order valence-corrected chi connectivity index (χ3v) is 4.61. The van der Waals surface area contributed by atoms with E-state index in [0.29, 0.717) is 12.2 Å². The zero-order valence-electron chi connectivity index (χ0n) is 14.5. The van der Waals surface area contributed by atoms with Crippen LogP contribution in [0.25, 0.3) is 0 Å². The standard InChI is InChI=1S/C19H19ClFN3O2/c1-11(19(26)23-15-3-5-17(21)16(20)10-15)22-14-4-6-18-13(9-14)7-8-24(18)12(2)25/h3-6,9-11,22H,7-8H2,1-2H3,(H,23,26)/t11-/m1/s1. The summed E-state index contributed by atoms with van der Waals surface area (Å²) in [6.07, 6.45) is 0.791. The van der Waals surface area contributed by atoms with E-state index in [4.69, 9.17) is 11.6 Å². The van der Waals surface area contributed by atoms with Gasteiger partial charge in [-0.05, 0) is 55.3 Å². The first-order chi connectivity index (χ1) is 12.3. The molecule has 1 atom stereocenters. The number of nitrogens with zero attached hydrogens (tertiary/aromatic N) is 1. The first-order valence-electron chi connectivity index (χ1n) is 8.28. The van der Waals surface area contributed by atoms with Crippen molar-refractivity contribution in [2.75, 3.05) is 22.1 Å². The molecule has 2 aromatic rings. The van der Waals surface area contributed by atoms with Crippen molar-refractivity contribution in [1.29, 1.82) is 0 Å². The van der Waals surface area contributed by atoms with Crippen LogP contribution in [0.1, 0.15) is 19.4 Å². The molecular weight excluding hydrogens is 357 g/mol. The van der Waals surface area contributed by atoms with Crippen LogP contribution < -0.4 is 15.5 Å². The van der Waals surface area contributed by atoms with E-state index < -0.39 is 11.9 Å². The average molecular weight is 376 g/mol. The number of carbonyl (C=O) groups excluding carboxylic acids is 2. The molecule has 0 spiro atoms. The van der Waals surface area contributed by atoms with Crippen molar-refractivity contribution < 1.29 is 14.0 Å². The number of rotatable bonds is 4. The average Bonchev–Trinajstić information content (AvgIpc) is 3.01. The van der Waals surface area contributed by atoms with Gasteiger partial charge in [-0.25, -0.2) is 4.39 Å². The molecule has 3 rings (SSSR count). The molecule has 0 aromatic heterocycles. The topological polar surface area (TPSA) is 61.4 Å². The summed E-state index contributed by atoms with van der Waals surface area (Å²) in [5.41, 5.74) is 3.22. The molecule has 136 valence electrons. The number of halogens is 2. The van der Waals surface area contributed by atoms with E-state index in [0.717, 1.165) is 23.4 Å². The molecule has 1 heterocycles. The Morgan fingerprint density at radius 1 is 1.19 bits per heavy atom. The van der Waals surface area contributed by atoms with Gasteiger partial charge < -0.3 is 15.5 Å². The van der Waals surface area contributed by atoms with Crippen LogP contribution in [0.2, 0.25) is 5.02 Å². The van der Waals surface area contributed by atoms with Crippen molar-refractivity contribution in [3.63, 3.8) is 0 Å². The molecule has 5 nitrogen and oxygen atoms in total. The van der Waals surface area contributed by atoms with E-state index in [1.165, 1.54) is 18.2 Å². The van der Waals surface area contributed by atoms with Crippen molar-refractivity contribution in [3.8, 4) is 0 Å². The van der Waals surface area contributed by atoms with Gasteiger partial charge in [-0.15, -0.1) is 0 Å². The van der Waals surface area contributed by atoms with Crippen LogP contribution in [0.3, 0.4) is 0 Å². The Morgan fingerprint density at radius 2 is 1.92 bits per heavy atom. The monoisotopic (exact) mass is 375 g/mol. The molecule has 0 saturated heterocycles. The normalized spacial score (nSPS) is 13.9.